The van der Waals surface area contributed by atoms with Crippen molar-refractivity contribution in [3.63, 3.8) is 0 Å². The van der Waals surface area contributed by atoms with E-state index in [1.165, 1.54) is 0 Å². The zero-order valence-electron chi connectivity index (χ0n) is 13.6. The number of pyridine rings is 1. The monoisotopic (exact) mass is 325 g/mol. The molecule has 1 heterocycles. The van der Waals surface area contributed by atoms with Crippen molar-refractivity contribution in [2.75, 3.05) is 25.6 Å². The number of amides is 2. The third kappa shape index (κ3) is 5.89. The highest BCUT2D eigenvalue weighted by Gasteiger charge is 1.99. The highest BCUT2D eigenvalue weighted by molar-refractivity contribution is 5.89. The minimum absolute atomic E-state index is 0.234. The van der Waals surface area contributed by atoms with Crippen LogP contribution in [0.15, 0.2) is 42.6 Å². The quantitative estimate of drug-likeness (QED) is 0.829. The number of rotatable bonds is 5. The van der Waals surface area contributed by atoms with Gasteiger partial charge in [0.25, 0.3) is 0 Å². The van der Waals surface area contributed by atoms with Crippen molar-refractivity contribution in [2.24, 2.45) is 0 Å². The number of methoxy groups -OCH3 is 1. The van der Waals surface area contributed by atoms with E-state index in [-0.39, 0.29) is 19.2 Å². The summed E-state index contributed by atoms with van der Waals surface area (Å²) in [6.07, 6.45) is 1.65. The Morgan fingerprint density at radius 2 is 1.88 bits per heavy atom. The lowest BCUT2D eigenvalue weighted by atomic mass is 10.3. The van der Waals surface area contributed by atoms with Gasteiger partial charge >= 0.3 is 6.03 Å². The SMILES string of the molecule is COc1ccc(NC(=O)NCC#CCOc2ccc(C)nc2)cc1. The van der Waals surface area contributed by atoms with Gasteiger partial charge in [0.1, 0.15) is 18.1 Å². The van der Waals surface area contributed by atoms with E-state index in [4.69, 9.17) is 9.47 Å². The maximum atomic E-state index is 11.7. The van der Waals surface area contributed by atoms with Gasteiger partial charge in [-0.3, -0.25) is 4.98 Å². The molecule has 0 aliphatic carbocycles. The maximum absolute atomic E-state index is 11.7. The first-order valence-corrected chi connectivity index (χ1v) is 7.37. The molecule has 0 bridgehead atoms. The highest BCUT2D eigenvalue weighted by Crippen LogP contribution is 2.14. The minimum atomic E-state index is -0.321. The van der Waals surface area contributed by atoms with E-state index in [0.717, 1.165) is 11.4 Å². The molecule has 0 saturated heterocycles. The predicted molar refractivity (Wildman–Crippen MR) is 92.3 cm³/mol. The Hall–Kier alpha value is -3.20. The van der Waals surface area contributed by atoms with Crippen molar-refractivity contribution >= 4 is 11.7 Å². The van der Waals surface area contributed by atoms with Gasteiger partial charge in [-0.25, -0.2) is 4.79 Å². The normalized spacial score (nSPS) is 9.42. The molecule has 0 saturated carbocycles. The Morgan fingerprint density at radius 3 is 2.54 bits per heavy atom. The zero-order valence-corrected chi connectivity index (χ0v) is 13.6. The third-order valence-corrected chi connectivity index (χ3v) is 3.01. The summed E-state index contributed by atoms with van der Waals surface area (Å²) in [6, 6.07) is 10.4. The third-order valence-electron chi connectivity index (χ3n) is 3.01. The number of aromatic nitrogens is 1. The number of nitrogens with one attached hydrogen (secondary N) is 2. The van der Waals surface area contributed by atoms with E-state index in [1.54, 1.807) is 37.6 Å². The fraction of sp³-hybridized carbons (Fsp3) is 0.222. The first kappa shape index (κ1) is 17.2. The number of benzene rings is 1. The molecule has 6 nitrogen and oxygen atoms in total. The molecule has 2 aromatic rings. The standard InChI is InChI=1S/C18H19N3O3/c1-14-5-8-17(13-20-14)24-12-4-3-11-19-18(22)21-15-6-9-16(23-2)10-7-15/h5-10,13H,11-12H2,1-2H3,(H2,19,21,22). The number of urea groups is 1. The van der Waals surface area contributed by atoms with E-state index < -0.39 is 0 Å². The number of nitrogens with zero attached hydrogens (tertiary/aromatic N) is 1. The fourth-order valence-electron chi connectivity index (χ4n) is 1.75. The average Bonchev–Trinajstić information content (AvgIpc) is 2.60. The number of anilines is 1. The molecular weight excluding hydrogens is 306 g/mol. The Labute approximate surface area is 141 Å². The van der Waals surface area contributed by atoms with Crippen LogP contribution in [-0.2, 0) is 0 Å². The maximum Gasteiger partial charge on any atom is 0.319 e. The van der Waals surface area contributed by atoms with Gasteiger partial charge in [0.05, 0.1) is 19.9 Å². The average molecular weight is 325 g/mol. The number of hydrogen-bond acceptors (Lipinski definition) is 4. The van der Waals surface area contributed by atoms with Crippen LogP contribution in [0.4, 0.5) is 10.5 Å². The molecule has 0 radical (unpaired) electrons. The van der Waals surface area contributed by atoms with Gasteiger partial charge in [-0.1, -0.05) is 11.8 Å². The molecule has 1 aromatic heterocycles. The summed E-state index contributed by atoms with van der Waals surface area (Å²) in [7, 11) is 1.59. The van der Waals surface area contributed by atoms with Gasteiger partial charge < -0.3 is 20.1 Å². The lowest BCUT2D eigenvalue weighted by Gasteiger charge is -2.06. The molecule has 2 N–H and O–H groups in total. The van der Waals surface area contributed by atoms with Crippen LogP contribution in [0.5, 0.6) is 11.5 Å². The van der Waals surface area contributed by atoms with E-state index >= 15 is 0 Å². The Bertz CT molecular complexity index is 716. The van der Waals surface area contributed by atoms with Crippen molar-refractivity contribution < 1.29 is 14.3 Å². The number of aryl methyl sites for hydroxylation is 1. The van der Waals surface area contributed by atoms with E-state index in [9.17, 15) is 4.79 Å². The Morgan fingerprint density at radius 1 is 1.12 bits per heavy atom. The Balaban J connectivity index is 1.66. The molecule has 6 heteroatoms. The Kier molecular flexibility index (Phi) is 6.47. The largest absolute Gasteiger partial charge is 0.497 e. The smallest absolute Gasteiger partial charge is 0.319 e. The van der Waals surface area contributed by atoms with Crippen molar-refractivity contribution in [3.05, 3.63) is 48.3 Å². The van der Waals surface area contributed by atoms with Crippen LogP contribution in [0, 0.1) is 18.8 Å². The van der Waals surface area contributed by atoms with Crippen LogP contribution in [-0.4, -0.2) is 31.3 Å². The van der Waals surface area contributed by atoms with Crippen molar-refractivity contribution in [1.82, 2.24) is 10.3 Å². The molecule has 2 rings (SSSR count). The minimum Gasteiger partial charge on any atom is -0.497 e. The predicted octanol–water partition coefficient (Wildman–Crippen LogP) is 2.60. The van der Waals surface area contributed by atoms with Crippen LogP contribution in [0.25, 0.3) is 0 Å². The second kappa shape index (κ2) is 9.06. The number of hydrogen-bond donors (Lipinski definition) is 2. The highest BCUT2D eigenvalue weighted by atomic mass is 16.5. The van der Waals surface area contributed by atoms with Crippen LogP contribution in [0.1, 0.15) is 5.69 Å². The van der Waals surface area contributed by atoms with Crippen LogP contribution < -0.4 is 20.1 Å². The molecule has 0 aliphatic heterocycles. The van der Waals surface area contributed by atoms with Crippen molar-refractivity contribution in [1.29, 1.82) is 0 Å². The van der Waals surface area contributed by atoms with Crippen LogP contribution in [0.2, 0.25) is 0 Å². The summed E-state index contributed by atoms with van der Waals surface area (Å²) in [6.45, 7) is 2.39. The first-order valence-electron chi connectivity index (χ1n) is 7.37. The van der Waals surface area contributed by atoms with Gasteiger partial charge in [-0.15, -0.1) is 0 Å². The second-order valence-corrected chi connectivity index (χ2v) is 4.81. The van der Waals surface area contributed by atoms with Gasteiger partial charge in [-0.05, 0) is 43.3 Å². The summed E-state index contributed by atoms with van der Waals surface area (Å²) in [5, 5.41) is 5.35. The molecule has 124 valence electrons. The number of ether oxygens (including phenoxy) is 2. The molecule has 0 unspecified atom stereocenters. The number of carbonyl (C=O) groups excluding carboxylic acids is 1. The lowest BCUT2D eigenvalue weighted by molar-refractivity contribution is 0.253. The molecular formula is C18H19N3O3. The molecule has 1 aromatic carbocycles. The molecule has 2 amide bonds. The summed E-state index contributed by atoms with van der Waals surface area (Å²) < 4.78 is 10.5. The zero-order chi connectivity index (χ0) is 17.2. The summed E-state index contributed by atoms with van der Waals surface area (Å²) in [5.41, 5.74) is 1.61. The van der Waals surface area contributed by atoms with Crippen LogP contribution in [0.3, 0.4) is 0 Å². The summed E-state index contributed by atoms with van der Waals surface area (Å²) in [4.78, 5) is 15.8. The van der Waals surface area contributed by atoms with Gasteiger partial charge in [-0.2, -0.15) is 0 Å². The van der Waals surface area contributed by atoms with Gasteiger partial charge in [0.15, 0.2) is 0 Å². The van der Waals surface area contributed by atoms with E-state index in [2.05, 4.69) is 27.5 Å². The molecule has 0 spiro atoms. The van der Waals surface area contributed by atoms with E-state index in [1.807, 2.05) is 19.1 Å². The molecule has 0 aliphatic rings. The van der Waals surface area contributed by atoms with E-state index in [0.29, 0.717) is 11.4 Å². The molecule has 24 heavy (non-hydrogen) atoms. The van der Waals surface area contributed by atoms with Gasteiger partial charge in [0.2, 0.25) is 0 Å². The van der Waals surface area contributed by atoms with Crippen LogP contribution >= 0.6 is 0 Å². The number of carbonyl (C=O) groups is 1. The van der Waals surface area contributed by atoms with Crippen molar-refractivity contribution in [2.45, 2.75) is 6.92 Å². The summed E-state index contributed by atoms with van der Waals surface area (Å²) in [5.74, 6) is 7.04. The lowest BCUT2D eigenvalue weighted by Crippen LogP contribution is -2.28. The summed E-state index contributed by atoms with van der Waals surface area (Å²) >= 11 is 0. The molecule has 0 atom stereocenters. The molecule has 0 fully saturated rings. The van der Waals surface area contributed by atoms with Gasteiger partial charge in [0, 0.05) is 11.4 Å². The van der Waals surface area contributed by atoms with Crippen molar-refractivity contribution in [3.8, 4) is 23.3 Å². The fourth-order valence-corrected chi connectivity index (χ4v) is 1.75. The first-order chi connectivity index (χ1) is 11.7. The topological polar surface area (TPSA) is 72.5 Å². The second-order valence-electron chi connectivity index (χ2n) is 4.81.